The third-order valence-corrected chi connectivity index (χ3v) is 8.63. The summed E-state index contributed by atoms with van der Waals surface area (Å²) >= 11 is 0. The summed E-state index contributed by atoms with van der Waals surface area (Å²) in [5, 5.41) is 3.57. The number of aryl methyl sites for hydroxylation is 1. The topological polar surface area (TPSA) is 247 Å². The van der Waals surface area contributed by atoms with Gasteiger partial charge in [0.25, 0.3) is 42.2 Å². The van der Waals surface area contributed by atoms with Gasteiger partial charge in [0.2, 0.25) is 0 Å². The van der Waals surface area contributed by atoms with E-state index in [1.165, 1.54) is 30.3 Å². The molecule has 0 aliphatic carbocycles. The van der Waals surface area contributed by atoms with Crippen LogP contribution in [0.5, 0.6) is 0 Å². The van der Waals surface area contributed by atoms with E-state index in [-0.39, 0.29) is 46.4 Å². The summed E-state index contributed by atoms with van der Waals surface area (Å²) in [5.74, 6) is -1.42. The molecule has 0 heterocycles. The van der Waals surface area contributed by atoms with E-state index in [1.54, 1.807) is 19.1 Å². The number of rotatable bonds is 7. The predicted molar refractivity (Wildman–Crippen MR) is 158 cm³/mol. The van der Waals surface area contributed by atoms with Crippen molar-refractivity contribution in [2.24, 2.45) is 0 Å². The van der Waals surface area contributed by atoms with Gasteiger partial charge in [-0.25, -0.2) is 0 Å². The van der Waals surface area contributed by atoms with Crippen molar-refractivity contribution in [3.05, 3.63) is 83.4 Å². The number of fused-ring (bicyclic) bond motifs is 1. The van der Waals surface area contributed by atoms with Gasteiger partial charge in [0.1, 0.15) is 9.79 Å². The van der Waals surface area contributed by atoms with Gasteiger partial charge in [-0.3, -0.25) is 23.2 Å². The molecule has 2 amide bonds. The Kier molecular flexibility index (Phi) is 9.76. The first-order chi connectivity index (χ1) is 19.4. The monoisotopic (exact) mass is 659 g/mol. The fourth-order valence-corrected chi connectivity index (χ4v) is 6.08. The summed E-state index contributed by atoms with van der Waals surface area (Å²) in [6.45, 7) is 1.66. The number of hydrogen-bond donors (Lipinski definition) is 6. The number of hydrogen-bond acceptors (Lipinski definition) is 9. The van der Waals surface area contributed by atoms with E-state index in [4.69, 9.17) is 5.73 Å². The molecular formula is C25H22N3NaO11S3. The summed E-state index contributed by atoms with van der Waals surface area (Å²) in [4.78, 5) is 22.7. The molecule has 0 saturated carbocycles. The van der Waals surface area contributed by atoms with Crippen molar-refractivity contribution < 1.29 is 48.5 Å². The molecule has 7 N–H and O–H groups in total. The quantitative estimate of drug-likeness (QED) is 0.0950. The van der Waals surface area contributed by atoms with Crippen LogP contribution in [0.4, 0.5) is 17.1 Å². The summed E-state index contributed by atoms with van der Waals surface area (Å²) in [6.07, 6.45) is 0. The number of nitrogens with one attached hydrogen (secondary N) is 2. The zero-order valence-electron chi connectivity index (χ0n) is 21.3. The van der Waals surface area contributed by atoms with E-state index < -0.39 is 73.3 Å². The van der Waals surface area contributed by atoms with Gasteiger partial charge in [-0.2, -0.15) is 25.3 Å². The van der Waals surface area contributed by atoms with E-state index in [1.807, 2.05) is 0 Å². The molecule has 0 spiro atoms. The minimum absolute atomic E-state index is 0. The Hall–Kier alpha value is -3.39. The molecule has 18 heteroatoms. The number of amides is 2. The SMILES string of the molecule is Cc1ccc(C(=O)Nc2ccc(S(=O)(=O)O)c3cc(S(=O)(=O)O)cc(S(=O)(=O)O)c23)cc1NC(=O)c1cccc(N)c1.[NaH]. The van der Waals surface area contributed by atoms with Crippen LogP contribution in [0.3, 0.4) is 0 Å². The van der Waals surface area contributed by atoms with Crippen LogP contribution in [-0.2, 0) is 30.4 Å². The standard InChI is InChI=1S/C25H21N3O11S3.Na.H/c1-13-5-6-15(10-20(13)28-24(29)14-3-2-4-16(26)9-14)25(30)27-19-7-8-21(41(34,35)36)18-11-17(40(31,32)33)12-22(23(18)19)42(37,38)39;;/h2-12H,26H2,1H3,(H,27,30)(H,28,29)(H,31,32,33)(H,34,35,36)(H,37,38,39);;. The number of benzene rings is 4. The molecule has 0 atom stereocenters. The molecule has 0 unspecified atom stereocenters. The van der Waals surface area contributed by atoms with Gasteiger partial charge >= 0.3 is 29.6 Å². The molecule has 222 valence electrons. The molecule has 4 rings (SSSR count). The van der Waals surface area contributed by atoms with E-state index >= 15 is 0 Å². The first kappa shape index (κ1) is 34.1. The minimum atomic E-state index is -5.31. The van der Waals surface area contributed by atoms with Gasteiger partial charge < -0.3 is 16.4 Å². The second-order valence-corrected chi connectivity index (χ2v) is 13.1. The number of nitrogen functional groups attached to an aromatic ring is 1. The Morgan fingerprint density at radius 1 is 0.674 bits per heavy atom. The van der Waals surface area contributed by atoms with E-state index in [0.29, 0.717) is 23.4 Å². The van der Waals surface area contributed by atoms with Gasteiger partial charge in [-0.05, 0) is 67.1 Å². The molecule has 0 radical (unpaired) electrons. The van der Waals surface area contributed by atoms with Crippen molar-refractivity contribution in [3.63, 3.8) is 0 Å². The van der Waals surface area contributed by atoms with Crippen LogP contribution in [0.2, 0.25) is 0 Å². The zero-order chi connectivity index (χ0) is 31.2. The molecule has 4 aromatic rings. The molecule has 0 fully saturated rings. The zero-order valence-corrected chi connectivity index (χ0v) is 23.7. The molecule has 0 aliphatic heterocycles. The Bertz CT molecular complexity index is 2130. The summed E-state index contributed by atoms with van der Waals surface area (Å²) in [5.41, 5.74) is 6.65. The third kappa shape index (κ3) is 7.58. The van der Waals surface area contributed by atoms with Gasteiger partial charge in [-0.15, -0.1) is 0 Å². The number of anilines is 3. The molecule has 14 nitrogen and oxygen atoms in total. The average molecular weight is 660 g/mol. The Morgan fingerprint density at radius 3 is 1.81 bits per heavy atom. The van der Waals surface area contributed by atoms with Crippen molar-refractivity contribution in [3.8, 4) is 0 Å². The Balaban J connectivity index is 0.00000506. The molecule has 0 aliphatic rings. The van der Waals surface area contributed by atoms with Crippen molar-refractivity contribution >= 4 is 99.6 Å². The number of nitrogens with two attached hydrogens (primary N) is 1. The first-order valence-corrected chi connectivity index (χ1v) is 15.8. The van der Waals surface area contributed by atoms with Crippen LogP contribution < -0.4 is 16.4 Å². The molecule has 0 aromatic heterocycles. The predicted octanol–water partition coefficient (Wildman–Crippen LogP) is 2.33. The average Bonchev–Trinajstić information content (AvgIpc) is 2.87. The van der Waals surface area contributed by atoms with Gasteiger partial charge in [0, 0.05) is 33.3 Å². The van der Waals surface area contributed by atoms with Crippen LogP contribution >= 0.6 is 0 Å². The van der Waals surface area contributed by atoms with Crippen LogP contribution in [0, 0.1) is 6.92 Å². The maximum atomic E-state index is 13.2. The van der Waals surface area contributed by atoms with Crippen molar-refractivity contribution in [2.75, 3.05) is 16.4 Å². The van der Waals surface area contributed by atoms with Crippen molar-refractivity contribution in [1.29, 1.82) is 0 Å². The second kappa shape index (κ2) is 12.3. The molecule has 4 aromatic carbocycles. The fourth-order valence-electron chi connectivity index (χ4n) is 4.04. The Morgan fingerprint density at radius 2 is 1.26 bits per heavy atom. The van der Waals surface area contributed by atoms with E-state index in [0.717, 1.165) is 12.1 Å². The molecule has 0 saturated heterocycles. The number of carbonyl (C=O) groups excluding carboxylic acids is 2. The van der Waals surface area contributed by atoms with Gasteiger partial charge in [-0.1, -0.05) is 12.1 Å². The third-order valence-electron chi connectivity index (χ3n) is 6.01. The number of carbonyl (C=O) groups is 2. The fraction of sp³-hybridized carbons (Fsp3) is 0.0400. The molecule has 43 heavy (non-hydrogen) atoms. The molecule has 0 bridgehead atoms. The van der Waals surface area contributed by atoms with E-state index in [9.17, 15) is 48.5 Å². The second-order valence-electron chi connectivity index (χ2n) is 8.94. The maximum absolute atomic E-state index is 13.2. The summed E-state index contributed by atoms with van der Waals surface area (Å²) in [7, 11) is -15.6. The van der Waals surface area contributed by atoms with Gasteiger partial charge in [0.05, 0.1) is 10.6 Å². The van der Waals surface area contributed by atoms with Gasteiger partial charge in [0.15, 0.2) is 0 Å². The van der Waals surface area contributed by atoms with Crippen molar-refractivity contribution in [1.82, 2.24) is 0 Å². The van der Waals surface area contributed by atoms with Crippen LogP contribution in [-0.4, -0.2) is 80.3 Å². The summed E-state index contributed by atoms with van der Waals surface area (Å²) < 4.78 is 101. The van der Waals surface area contributed by atoms with Crippen LogP contribution in [0.1, 0.15) is 26.3 Å². The molecular weight excluding hydrogens is 637 g/mol. The van der Waals surface area contributed by atoms with E-state index in [2.05, 4.69) is 10.6 Å². The first-order valence-electron chi connectivity index (χ1n) is 11.5. The normalized spacial score (nSPS) is 11.9. The van der Waals surface area contributed by atoms with Crippen LogP contribution in [0.25, 0.3) is 10.8 Å². The summed E-state index contributed by atoms with van der Waals surface area (Å²) in [6, 6.07) is 12.9. The Labute approximate surface area is 267 Å². The van der Waals surface area contributed by atoms with Crippen LogP contribution in [0.15, 0.2) is 81.4 Å². The van der Waals surface area contributed by atoms with Crippen molar-refractivity contribution in [2.45, 2.75) is 21.6 Å².